The average molecular weight is 726 g/mol. The zero-order valence-corrected chi connectivity index (χ0v) is 28.1. The van der Waals surface area contributed by atoms with Gasteiger partial charge >= 0.3 is 16.8 Å². The van der Waals surface area contributed by atoms with E-state index >= 15 is 0 Å². The fraction of sp³-hybridized carbons (Fsp3) is 0.258. The zero-order chi connectivity index (χ0) is 34.2. The molecule has 0 saturated carbocycles. The molecule has 1 N–H and O–H groups in total. The summed E-state index contributed by atoms with van der Waals surface area (Å²) in [6, 6.07) is 13.4. The number of rotatable bonds is 8. The lowest BCUT2D eigenvalue weighted by atomic mass is 10.1. The molecule has 0 saturated heterocycles. The van der Waals surface area contributed by atoms with E-state index in [0.717, 1.165) is 53.0 Å². The topological polar surface area (TPSA) is 123 Å². The van der Waals surface area contributed by atoms with Gasteiger partial charge in [-0.2, -0.15) is 0 Å². The quantitative estimate of drug-likeness (QED) is 0.165. The van der Waals surface area contributed by atoms with Crippen LogP contribution in [0, 0.1) is 11.6 Å². The van der Waals surface area contributed by atoms with Crippen molar-refractivity contribution in [3.63, 3.8) is 0 Å². The van der Waals surface area contributed by atoms with E-state index in [2.05, 4.69) is 9.73 Å². The number of benzene rings is 3. The van der Waals surface area contributed by atoms with Crippen molar-refractivity contribution in [3.05, 3.63) is 102 Å². The number of carboxylic acid groups (broad SMARTS) is 1. The molecule has 16 heteroatoms. The number of anilines is 1. The number of hydrogen-bond acceptors (Lipinski definition) is 8. The van der Waals surface area contributed by atoms with Crippen LogP contribution < -0.4 is 14.6 Å². The Morgan fingerprint density at radius 1 is 1.02 bits per heavy atom. The maximum atomic E-state index is 14.3. The van der Waals surface area contributed by atoms with Gasteiger partial charge in [0.05, 0.1) is 22.9 Å². The lowest BCUT2D eigenvalue weighted by molar-refractivity contribution is -0.138. The van der Waals surface area contributed by atoms with Crippen LogP contribution in [0.1, 0.15) is 30.1 Å². The molecule has 1 aliphatic heterocycles. The number of esters is 1. The molecule has 1 aliphatic rings. The van der Waals surface area contributed by atoms with E-state index < -0.39 is 35.5 Å². The van der Waals surface area contributed by atoms with Gasteiger partial charge in [-0.1, -0.05) is 41.4 Å². The standard InChI is InChI=1S/C16H13ClFNO3.C15H15ClFN3O3S2/c1-10(16(21)22)19(12-7-8-14(18)13(17)9-12)15(20)11-5-3-2-4-6-11;1-23-13(21)8-24-12-7-11(10(17)6-9(12)16)18-14-19-4-2-3-5-20(19)15(22)25-14/h2-10H,1H3,(H,21,22);6-7H,2-5,8H2,1H3/t10-;/m1./s1. The third kappa shape index (κ3) is 8.89. The Hall–Kier alpha value is -3.98. The zero-order valence-electron chi connectivity index (χ0n) is 25.0. The number of fused-ring (bicyclic) bond motifs is 1. The second-order valence-electron chi connectivity index (χ2n) is 9.97. The summed E-state index contributed by atoms with van der Waals surface area (Å²) in [5.74, 6) is -3.24. The third-order valence-corrected chi connectivity index (χ3v) is 9.46. The van der Waals surface area contributed by atoms with Gasteiger partial charge < -0.3 is 9.84 Å². The highest BCUT2D eigenvalue weighted by Crippen LogP contribution is 2.33. The minimum Gasteiger partial charge on any atom is -0.480 e. The molecule has 0 aliphatic carbocycles. The lowest BCUT2D eigenvalue weighted by Gasteiger charge is -2.27. The van der Waals surface area contributed by atoms with Gasteiger partial charge in [0.2, 0.25) is 4.80 Å². The summed E-state index contributed by atoms with van der Waals surface area (Å²) in [7, 11) is 1.30. The Morgan fingerprint density at radius 3 is 2.34 bits per heavy atom. The molecule has 248 valence electrons. The second-order valence-corrected chi connectivity index (χ2v) is 12.7. The maximum absolute atomic E-state index is 14.3. The van der Waals surface area contributed by atoms with Crippen LogP contribution in [0.3, 0.4) is 0 Å². The molecule has 2 heterocycles. The van der Waals surface area contributed by atoms with Crippen molar-refractivity contribution in [3.8, 4) is 0 Å². The van der Waals surface area contributed by atoms with Gasteiger partial charge in [-0.05, 0) is 73.6 Å². The number of ether oxygens (including phenoxy) is 1. The van der Waals surface area contributed by atoms with Crippen LogP contribution in [0.25, 0.3) is 0 Å². The number of carboxylic acids is 1. The molecule has 5 rings (SSSR count). The predicted octanol–water partition coefficient (Wildman–Crippen LogP) is 6.39. The molecule has 47 heavy (non-hydrogen) atoms. The van der Waals surface area contributed by atoms with Crippen LogP contribution in [0.4, 0.5) is 20.2 Å². The van der Waals surface area contributed by atoms with Crippen molar-refractivity contribution >= 4 is 75.5 Å². The van der Waals surface area contributed by atoms with Crippen LogP contribution in [0.15, 0.2) is 75.3 Å². The summed E-state index contributed by atoms with van der Waals surface area (Å²) in [5, 5.41) is 9.25. The molecule has 1 amide bonds. The number of amides is 1. The van der Waals surface area contributed by atoms with E-state index in [4.69, 9.17) is 23.2 Å². The SMILES string of the molecule is COC(=O)CSc1cc(N=c2sc(=O)n3n2CCCC3)c(F)cc1Cl.C[C@H](C(=O)O)N(C(=O)c1ccccc1)c1ccc(F)c(Cl)c1. The minimum absolute atomic E-state index is 0.0605. The number of aromatic nitrogens is 2. The third-order valence-electron chi connectivity index (χ3n) is 6.85. The summed E-state index contributed by atoms with van der Waals surface area (Å²) < 4.78 is 35.5. The van der Waals surface area contributed by atoms with Crippen LogP contribution in [0.2, 0.25) is 10.0 Å². The summed E-state index contributed by atoms with van der Waals surface area (Å²) in [5.41, 5.74) is 0.630. The summed E-state index contributed by atoms with van der Waals surface area (Å²) in [6.45, 7) is 2.70. The number of carbonyl (C=O) groups excluding carboxylic acids is 2. The van der Waals surface area contributed by atoms with E-state index in [1.165, 1.54) is 32.2 Å². The normalized spacial score (nSPS) is 13.2. The Kier molecular flexibility index (Phi) is 12.4. The van der Waals surface area contributed by atoms with Crippen LogP contribution in [-0.2, 0) is 27.4 Å². The first-order valence-corrected chi connectivity index (χ1v) is 16.6. The van der Waals surface area contributed by atoms with E-state index in [1.54, 1.807) is 39.7 Å². The van der Waals surface area contributed by atoms with Gasteiger partial charge in [0, 0.05) is 29.2 Å². The Bertz CT molecular complexity index is 1920. The van der Waals surface area contributed by atoms with Crippen molar-refractivity contribution in [1.82, 2.24) is 9.36 Å². The fourth-order valence-corrected chi connectivity index (χ4v) is 6.57. The Balaban J connectivity index is 0.000000215. The van der Waals surface area contributed by atoms with E-state index in [1.807, 2.05) is 0 Å². The Morgan fingerprint density at radius 2 is 1.70 bits per heavy atom. The number of thioether (sulfide) groups is 1. The Labute approximate surface area is 285 Å². The highest BCUT2D eigenvalue weighted by atomic mass is 35.5. The molecule has 0 radical (unpaired) electrons. The maximum Gasteiger partial charge on any atom is 0.326 e. The fourth-order valence-electron chi connectivity index (χ4n) is 4.41. The number of methoxy groups -OCH3 is 1. The van der Waals surface area contributed by atoms with Gasteiger partial charge in [0.1, 0.15) is 23.4 Å². The highest BCUT2D eigenvalue weighted by molar-refractivity contribution is 8.00. The number of carbonyl (C=O) groups is 3. The lowest BCUT2D eigenvalue weighted by Crippen LogP contribution is -2.43. The average Bonchev–Trinajstić information content (AvgIpc) is 3.38. The van der Waals surface area contributed by atoms with Crippen molar-refractivity contribution < 1.29 is 33.0 Å². The van der Waals surface area contributed by atoms with Crippen molar-refractivity contribution in [2.24, 2.45) is 4.99 Å². The van der Waals surface area contributed by atoms with Gasteiger partial charge in [-0.3, -0.25) is 24.0 Å². The molecule has 3 aromatic carbocycles. The van der Waals surface area contributed by atoms with Gasteiger partial charge in [-0.25, -0.2) is 23.2 Å². The summed E-state index contributed by atoms with van der Waals surface area (Å²) >= 11 is 13.9. The molecular weight excluding hydrogens is 697 g/mol. The predicted molar refractivity (Wildman–Crippen MR) is 177 cm³/mol. The van der Waals surface area contributed by atoms with Crippen molar-refractivity contribution in [2.75, 3.05) is 17.8 Å². The monoisotopic (exact) mass is 724 g/mol. The van der Waals surface area contributed by atoms with Crippen LogP contribution >= 0.6 is 46.3 Å². The second kappa shape index (κ2) is 16.2. The molecule has 0 unspecified atom stereocenters. The number of nitrogens with zero attached hydrogens (tertiary/aromatic N) is 4. The number of halogens is 4. The molecule has 4 aromatic rings. The summed E-state index contributed by atoms with van der Waals surface area (Å²) in [6.07, 6.45) is 1.90. The minimum atomic E-state index is -1.18. The number of aliphatic carboxylic acids is 1. The number of hydrogen-bond donors (Lipinski definition) is 1. The first-order valence-electron chi connectivity index (χ1n) is 14.0. The van der Waals surface area contributed by atoms with Crippen molar-refractivity contribution in [2.45, 2.75) is 43.8 Å². The molecule has 1 atom stereocenters. The van der Waals surface area contributed by atoms with E-state index in [0.29, 0.717) is 28.3 Å². The largest absolute Gasteiger partial charge is 0.480 e. The van der Waals surface area contributed by atoms with Crippen LogP contribution in [-0.4, -0.2) is 51.2 Å². The first-order chi connectivity index (χ1) is 22.4. The van der Waals surface area contributed by atoms with Crippen molar-refractivity contribution in [1.29, 1.82) is 0 Å². The van der Waals surface area contributed by atoms with Gasteiger partial charge in [-0.15, -0.1) is 11.8 Å². The highest BCUT2D eigenvalue weighted by Gasteiger charge is 2.28. The van der Waals surface area contributed by atoms with E-state index in [9.17, 15) is 33.1 Å². The molecule has 1 aromatic heterocycles. The molecule has 0 spiro atoms. The smallest absolute Gasteiger partial charge is 0.326 e. The first kappa shape index (κ1) is 35.9. The molecular formula is C31H28Cl2F2N4O6S2. The molecule has 0 fully saturated rings. The summed E-state index contributed by atoms with van der Waals surface area (Å²) in [4.78, 5) is 53.5. The molecule has 0 bridgehead atoms. The van der Waals surface area contributed by atoms with Crippen LogP contribution in [0.5, 0.6) is 0 Å². The van der Waals surface area contributed by atoms with Gasteiger partial charge in [0.25, 0.3) is 5.91 Å². The van der Waals surface area contributed by atoms with E-state index in [-0.39, 0.29) is 32.0 Å². The molecule has 10 nitrogen and oxygen atoms in total. The van der Waals surface area contributed by atoms with Gasteiger partial charge in [0.15, 0.2) is 0 Å².